The van der Waals surface area contributed by atoms with Gasteiger partial charge in [-0.3, -0.25) is 4.90 Å². The molecule has 0 saturated carbocycles. The van der Waals surface area contributed by atoms with E-state index in [1.165, 1.54) is 4.90 Å². The fourth-order valence-corrected chi connectivity index (χ4v) is 4.18. The standard InChI is InChI=1S/C17H18N4O3/c22-16-21(11-17(24-16)10-20-8-6-13(17)7-9-20)15-19-18-14(23-15)12-4-2-1-3-5-12/h1-5,13H,6-11H2. The number of piperidine rings is 3. The molecule has 4 aliphatic heterocycles. The van der Waals surface area contributed by atoms with E-state index in [0.29, 0.717) is 18.4 Å². The molecule has 124 valence electrons. The van der Waals surface area contributed by atoms with E-state index in [1.807, 2.05) is 30.3 Å². The van der Waals surface area contributed by atoms with Crippen LogP contribution >= 0.6 is 0 Å². The SMILES string of the molecule is O=C1OC2(CN3CCC2CC3)CN1c1nnc(-c2ccccc2)o1. The molecular weight excluding hydrogens is 308 g/mol. The lowest BCUT2D eigenvalue weighted by atomic mass is 9.75. The van der Waals surface area contributed by atoms with Gasteiger partial charge >= 0.3 is 12.1 Å². The fraction of sp³-hybridized carbons (Fsp3) is 0.471. The average molecular weight is 326 g/mol. The van der Waals surface area contributed by atoms with Crippen molar-refractivity contribution in [3.8, 4) is 11.5 Å². The quantitative estimate of drug-likeness (QED) is 0.842. The maximum atomic E-state index is 12.4. The molecule has 6 rings (SSSR count). The highest BCUT2D eigenvalue weighted by molar-refractivity contribution is 5.88. The van der Waals surface area contributed by atoms with Gasteiger partial charge in [0, 0.05) is 18.0 Å². The molecule has 1 aromatic carbocycles. The summed E-state index contributed by atoms with van der Waals surface area (Å²) in [6.45, 7) is 3.49. The number of rotatable bonds is 2. The van der Waals surface area contributed by atoms with Gasteiger partial charge in [0.15, 0.2) is 0 Å². The smallest absolute Gasteiger partial charge is 0.418 e. The van der Waals surface area contributed by atoms with Gasteiger partial charge in [0.05, 0.1) is 6.54 Å². The van der Waals surface area contributed by atoms with Crippen molar-refractivity contribution in [1.82, 2.24) is 15.1 Å². The number of amides is 1. The van der Waals surface area contributed by atoms with E-state index in [2.05, 4.69) is 15.1 Å². The van der Waals surface area contributed by atoms with Crippen LogP contribution in [0.5, 0.6) is 0 Å². The first-order valence-electron chi connectivity index (χ1n) is 8.35. The summed E-state index contributed by atoms with van der Waals surface area (Å²) in [5.41, 5.74) is 0.413. The van der Waals surface area contributed by atoms with E-state index in [1.54, 1.807) is 0 Å². The van der Waals surface area contributed by atoms with Gasteiger partial charge in [0.2, 0.25) is 5.89 Å². The third kappa shape index (κ3) is 2.04. The van der Waals surface area contributed by atoms with Gasteiger partial charge in [0.1, 0.15) is 5.60 Å². The molecule has 5 heterocycles. The van der Waals surface area contributed by atoms with Gasteiger partial charge in [-0.05, 0) is 38.1 Å². The van der Waals surface area contributed by atoms with Gasteiger partial charge in [-0.15, -0.1) is 5.10 Å². The van der Waals surface area contributed by atoms with Crippen molar-refractivity contribution in [2.24, 2.45) is 5.92 Å². The van der Waals surface area contributed by atoms with E-state index in [4.69, 9.17) is 9.15 Å². The highest BCUT2D eigenvalue weighted by Crippen LogP contribution is 2.43. The summed E-state index contributed by atoms with van der Waals surface area (Å²) in [6.07, 6.45) is 1.78. The molecule has 7 heteroatoms. The minimum atomic E-state index is -0.422. The van der Waals surface area contributed by atoms with Crippen LogP contribution in [0.2, 0.25) is 0 Å². The second-order valence-electron chi connectivity index (χ2n) is 6.83. The lowest BCUT2D eigenvalue weighted by molar-refractivity contribution is -0.0881. The van der Waals surface area contributed by atoms with Crippen LogP contribution in [0.1, 0.15) is 12.8 Å². The van der Waals surface area contributed by atoms with Gasteiger partial charge in [-0.25, -0.2) is 9.69 Å². The summed E-state index contributed by atoms with van der Waals surface area (Å²) < 4.78 is 11.6. The van der Waals surface area contributed by atoms with Crippen molar-refractivity contribution < 1.29 is 13.9 Å². The molecular formula is C17H18N4O3. The van der Waals surface area contributed by atoms with Crippen LogP contribution in [-0.4, -0.2) is 53.0 Å². The van der Waals surface area contributed by atoms with Crippen LogP contribution in [0.3, 0.4) is 0 Å². The molecule has 24 heavy (non-hydrogen) atoms. The first kappa shape index (κ1) is 14.0. The monoisotopic (exact) mass is 326 g/mol. The number of anilines is 1. The first-order valence-corrected chi connectivity index (χ1v) is 8.35. The number of hydrogen-bond acceptors (Lipinski definition) is 6. The molecule has 1 unspecified atom stereocenters. The number of aromatic nitrogens is 2. The van der Waals surface area contributed by atoms with Crippen LogP contribution in [0.15, 0.2) is 34.7 Å². The Hall–Kier alpha value is -2.41. The third-order valence-corrected chi connectivity index (χ3v) is 5.43. The predicted octanol–water partition coefficient (Wildman–Crippen LogP) is 2.16. The Morgan fingerprint density at radius 1 is 1.08 bits per heavy atom. The molecule has 0 N–H and O–H groups in total. The fourth-order valence-electron chi connectivity index (χ4n) is 4.18. The number of fused-ring (bicyclic) bond motifs is 2. The van der Waals surface area contributed by atoms with Crippen molar-refractivity contribution in [2.45, 2.75) is 18.4 Å². The molecule has 2 aromatic rings. The number of carbonyl (C=O) groups excluding carboxylic acids is 1. The highest BCUT2D eigenvalue weighted by atomic mass is 16.6. The Kier molecular flexibility index (Phi) is 2.94. The number of hydrogen-bond donors (Lipinski definition) is 0. The molecule has 2 bridgehead atoms. The van der Waals surface area contributed by atoms with Crippen molar-refractivity contribution in [3.63, 3.8) is 0 Å². The van der Waals surface area contributed by atoms with Crippen molar-refractivity contribution >= 4 is 12.1 Å². The summed E-state index contributed by atoms with van der Waals surface area (Å²) in [5, 5.41) is 8.13. The molecule has 7 nitrogen and oxygen atoms in total. The minimum absolute atomic E-state index is 0.215. The van der Waals surface area contributed by atoms with Crippen molar-refractivity contribution in [3.05, 3.63) is 30.3 Å². The van der Waals surface area contributed by atoms with E-state index in [9.17, 15) is 4.79 Å². The maximum absolute atomic E-state index is 12.4. The summed E-state index contributed by atoms with van der Waals surface area (Å²) in [4.78, 5) is 16.3. The number of nitrogens with zero attached hydrogens (tertiary/aromatic N) is 4. The predicted molar refractivity (Wildman–Crippen MR) is 85.5 cm³/mol. The second kappa shape index (κ2) is 5.04. The Labute approximate surface area is 139 Å². The van der Waals surface area contributed by atoms with Crippen molar-refractivity contribution in [2.75, 3.05) is 31.1 Å². The molecule has 4 fully saturated rings. The molecule has 4 saturated heterocycles. The largest absolute Gasteiger partial charge is 0.439 e. The van der Waals surface area contributed by atoms with E-state index in [-0.39, 0.29) is 12.1 Å². The highest BCUT2D eigenvalue weighted by Gasteiger charge is 2.56. The normalized spacial score (nSPS) is 31.7. The number of ether oxygens (including phenoxy) is 1. The summed E-state index contributed by atoms with van der Waals surface area (Å²) in [6, 6.07) is 9.75. The number of benzene rings is 1. The van der Waals surface area contributed by atoms with Gasteiger partial charge in [0.25, 0.3) is 0 Å². The average Bonchev–Trinajstić information content (AvgIpc) is 3.22. The Morgan fingerprint density at radius 3 is 2.58 bits per heavy atom. The summed E-state index contributed by atoms with van der Waals surface area (Å²) >= 11 is 0. The zero-order valence-electron chi connectivity index (χ0n) is 13.2. The lowest BCUT2D eigenvalue weighted by Gasteiger charge is -2.49. The molecule has 1 aromatic heterocycles. The molecule has 0 aliphatic carbocycles. The molecule has 1 amide bonds. The third-order valence-electron chi connectivity index (χ3n) is 5.43. The molecule has 1 atom stereocenters. The molecule has 0 radical (unpaired) electrons. The van der Waals surface area contributed by atoms with Crippen molar-refractivity contribution in [1.29, 1.82) is 0 Å². The van der Waals surface area contributed by atoms with Gasteiger partial charge in [-0.2, -0.15) is 0 Å². The van der Waals surface area contributed by atoms with Gasteiger partial charge < -0.3 is 9.15 Å². The minimum Gasteiger partial charge on any atom is -0.439 e. The van der Waals surface area contributed by atoms with Crippen LogP contribution in [-0.2, 0) is 4.74 Å². The zero-order valence-corrected chi connectivity index (χ0v) is 13.2. The number of carbonyl (C=O) groups is 1. The lowest BCUT2D eigenvalue weighted by Crippen LogP contribution is -2.61. The zero-order chi connectivity index (χ0) is 16.1. The summed E-state index contributed by atoms with van der Waals surface area (Å²) in [5.74, 6) is 0.834. The van der Waals surface area contributed by atoms with Crippen LogP contribution in [0.4, 0.5) is 10.8 Å². The van der Waals surface area contributed by atoms with Crippen LogP contribution < -0.4 is 4.90 Å². The molecule has 4 aliphatic rings. The van der Waals surface area contributed by atoms with Crippen LogP contribution in [0.25, 0.3) is 11.5 Å². The van der Waals surface area contributed by atoms with E-state index < -0.39 is 5.60 Å². The molecule has 1 spiro atoms. The van der Waals surface area contributed by atoms with Crippen LogP contribution in [0, 0.1) is 5.92 Å². The Morgan fingerprint density at radius 2 is 1.88 bits per heavy atom. The van der Waals surface area contributed by atoms with Gasteiger partial charge in [-0.1, -0.05) is 23.3 Å². The van der Waals surface area contributed by atoms with E-state index >= 15 is 0 Å². The summed E-state index contributed by atoms with van der Waals surface area (Å²) in [7, 11) is 0. The first-order chi connectivity index (χ1) is 11.7. The topological polar surface area (TPSA) is 71.7 Å². The second-order valence-corrected chi connectivity index (χ2v) is 6.83. The van der Waals surface area contributed by atoms with E-state index in [0.717, 1.165) is 38.0 Å². The maximum Gasteiger partial charge on any atom is 0.418 e. The Bertz CT molecular complexity index is 769. The Balaban J connectivity index is 1.42.